The first-order valence-electron chi connectivity index (χ1n) is 14.6. The Kier molecular flexibility index (Phi) is 13.0. The third-order valence-electron chi connectivity index (χ3n) is 7.21. The van der Waals surface area contributed by atoms with E-state index in [0.29, 0.717) is 21.5 Å². The van der Waals surface area contributed by atoms with E-state index in [1.165, 1.54) is 42.1 Å². The summed E-state index contributed by atoms with van der Waals surface area (Å²) in [6, 6.07) is 11.1. The molecule has 1 fully saturated rings. The summed E-state index contributed by atoms with van der Waals surface area (Å²) in [4.78, 5) is 66.7. The molecule has 1 N–H and O–H groups in total. The van der Waals surface area contributed by atoms with Gasteiger partial charge in [-0.25, -0.2) is 21.6 Å². The number of anilines is 2. The van der Waals surface area contributed by atoms with E-state index in [4.69, 9.17) is 4.74 Å². The van der Waals surface area contributed by atoms with Crippen LogP contribution in [0, 0.1) is 0 Å². The van der Waals surface area contributed by atoms with Crippen molar-refractivity contribution in [3.05, 3.63) is 82.3 Å². The summed E-state index contributed by atoms with van der Waals surface area (Å²) in [5.41, 5.74) is 1.36. The first kappa shape index (κ1) is 39.2. The smallest absolute Gasteiger partial charge is 0.748 e. The van der Waals surface area contributed by atoms with Crippen molar-refractivity contribution in [2.45, 2.75) is 29.1 Å². The Morgan fingerprint density at radius 3 is 2.40 bits per heavy atom. The number of ether oxygens (including phenoxy) is 1. The first-order chi connectivity index (χ1) is 23.2. The topological polar surface area (TPSA) is 214 Å². The zero-order valence-corrected chi connectivity index (χ0v) is 31.0. The number of allylic oxidation sites excluding steroid dienone is 5. The minimum absolute atomic E-state index is 0. The van der Waals surface area contributed by atoms with Gasteiger partial charge in [0, 0.05) is 41.3 Å². The van der Waals surface area contributed by atoms with Crippen molar-refractivity contribution < 1.29 is 84.5 Å². The minimum atomic E-state index is -4.44. The van der Waals surface area contributed by atoms with Gasteiger partial charge in [-0.15, -0.1) is 5.06 Å². The van der Waals surface area contributed by atoms with Crippen LogP contribution in [0.25, 0.3) is 0 Å². The number of hydrogen-bond donors (Lipinski definition) is 1. The number of hydroxylamine groups is 2. The molecule has 2 aromatic rings. The summed E-state index contributed by atoms with van der Waals surface area (Å²) in [5, 5.41) is 3.96. The summed E-state index contributed by atoms with van der Waals surface area (Å²) in [7, 11) is -8.40. The molecule has 0 spiro atoms. The van der Waals surface area contributed by atoms with Gasteiger partial charge in [0.15, 0.2) is 5.78 Å². The second-order valence-corrected chi connectivity index (χ2v) is 15.2. The number of carbonyl (C=O) groups excluding carboxylic acids is 5. The van der Waals surface area contributed by atoms with Crippen LogP contribution in [0.2, 0.25) is 0 Å². The predicted molar refractivity (Wildman–Crippen MR) is 174 cm³/mol. The van der Waals surface area contributed by atoms with Crippen molar-refractivity contribution in [1.29, 1.82) is 0 Å². The monoisotopic (exact) mass is 753 g/mol. The number of thioether (sulfide) groups is 1. The van der Waals surface area contributed by atoms with Gasteiger partial charge in [-0.05, 0) is 48.9 Å². The Morgan fingerprint density at radius 1 is 1.00 bits per heavy atom. The van der Waals surface area contributed by atoms with Gasteiger partial charge >= 0.3 is 35.5 Å². The maximum Gasteiger partial charge on any atom is 1.00 e. The van der Waals surface area contributed by atoms with Crippen LogP contribution in [0.3, 0.4) is 0 Å². The Bertz CT molecular complexity index is 2030. The van der Waals surface area contributed by atoms with Gasteiger partial charge in [-0.1, -0.05) is 36.0 Å². The second-order valence-electron chi connectivity index (χ2n) is 10.7. The molecule has 2 aromatic carbocycles. The average molecular weight is 754 g/mol. The molecule has 0 atom stereocenters. The second kappa shape index (κ2) is 16.6. The van der Waals surface area contributed by atoms with Gasteiger partial charge in [0.25, 0.3) is 11.8 Å². The molecule has 1 saturated heterocycles. The number of nitrogens with one attached hydrogen (secondary N) is 1. The molecule has 3 aliphatic heterocycles. The average Bonchev–Trinajstić information content (AvgIpc) is 3.62. The summed E-state index contributed by atoms with van der Waals surface area (Å²) in [6.07, 6.45) is 5.76. The van der Waals surface area contributed by atoms with Crippen LogP contribution in [-0.4, -0.2) is 87.9 Å². The van der Waals surface area contributed by atoms with Crippen LogP contribution < -0.4 is 39.8 Å². The molecule has 0 radical (unpaired) electrons. The summed E-state index contributed by atoms with van der Waals surface area (Å²) in [6.45, 7) is -1.09. The van der Waals surface area contributed by atoms with Crippen LogP contribution >= 0.6 is 11.8 Å². The molecule has 50 heavy (non-hydrogen) atoms. The van der Waals surface area contributed by atoms with Crippen molar-refractivity contribution in [2.24, 2.45) is 0 Å². The molecule has 258 valence electrons. The van der Waals surface area contributed by atoms with Gasteiger partial charge in [0.2, 0.25) is 15.6 Å². The molecule has 15 nitrogen and oxygen atoms in total. The van der Waals surface area contributed by atoms with Crippen molar-refractivity contribution in [3.8, 4) is 0 Å². The Balaban J connectivity index is 0.00000562. The van der Waals surface area contributed by atoms with Crippen LogP contribution in [0.4, 0.5) is 11.4 Å². The quantitative estimate of drug-likeness (QED) is 0.107. The maximum atomic E-state index is 12.8. The molecule has 3 heterocycles. The van der Waals surface area contributed by atoms with Gasteiger partial charge in [-0.2, -0.15) is 0 Å². The zero-order chi connectivity index (χ0) is 35.3. The number of nitrogens with zero attached hydrogens (tertiary/aromatic N) is 2. The van der Waals surface area contributed by atoms with Crippen LogP contribution in [0.5, 0.6) is 0 Å². The van der Waals surface area contributed by atoms with Gasteiger partial charge in [0.1, 0.15) is 18.1 Å². The Hall–Kier alpha value is -3.62. The number of sulfone groups is 1. The van der Waals surface area contributed by atoms with Crippen LogP contribution in [0.1, 0.15) is 29.6 Å². The Morgan fingerprint density at radius 2 is 1.70 bits per heavy atom. The maximum absolute atomic E-state index is 12.8. The molecule has 0 unspecified atom stereocenters. The molecule has 2 amide bonds. The third kappa shape index (κ3) is 9.38. The van der Waals surface area contributed by atoms with Gasteiger partial charge in [-0.3, -0.25) is 19.2 Å². The number of benzene rings is 2. The number of amides is 2. The third-order valence-corrected chi connectivity index (χ3v) is 10.9. The van der Waals surface area contributed by atoms with Crippen LogP contribution in [-0.2, 0) is 48.7 Å². The van der Waals surface area contributed by atoms with E-state index in [2.05, 4.69) is 10.2 Å². The molecule has 0 aromatic heterocycles. The van der Waals surface area contributed by atoms with Gasteiger partial charge in [0.05, 0.1) is 32.3 Å². The molecular formula is C31H28N3NaO12S3. The SMILES string of the molecule is O=C(CNc1ccc2c(c1)S/C(=C/C=C/C=C1/C(=O)c3ccccc3S1(=O)=O)N2CCCS(=O)(=O)[O-])COCC(=O)ON1C(=O)CCC1=O.[Na+]. The van der Waals surface area contributed by atoms with Crippen molar-refractivity contribution >= 4 is 72.4 Å². The molecular weight excluding hydrogens is 726 g/mol. The van der Waals surface area contributed by atoms with Gasteiger partial charge < -0.3 is 24.3 Å². The van der Waals surface area contributed by atoms with Crippen molar-refractivity contribution in [2.75, 3.05) is 42.3 Å². The fraction of sp³-hybridized carbons (Fsp3) is 0.258. The molecule has 19 heteroatoms. The van der Waals surface area contributed by atoms with Crippen molar-refractivity contribution in [1.82, 2.24) is 5.06 Å². The number of rotatable bonds is 14. The number of imide groups is 1. The van der Waals surface area contributed by atoms with E-state index >= 15 is 0 Å². The van der Waals surface area contributed by atoms with E-state index < -0.39 is 68.3 Å². The summed E-state index contributed by atoms with van der Waals surface area (Å²) in [5.74, 6) is -3.87. The van der Waals surface area contributed by atoms with E-state index in [-0.39, 0.29) is 77.3 Å². The molecule has 0 aliphatic carbocycles. The number of Topliss-reactive ketones (excluding diaryl/α,β-unsaturated/α-hetero) is 2. The molecule has 5 rings (SSSR count). The minimum Gasteiger partial charge on any atom is -0.748 e. The Labute approximate surface area is 313 Å². The van der Waals surface area contributed by atoms with E-state index in [1.807, 2.05) is 0 Å². The van der Waals surface area contributed by atoms with E-state index in [0.717, 1.165) is 4.90 Å². The molecule has 0 saturated carbocycles. The standard InChI is InChI=1S/C31H29N3O12S3.Na/c35-21(18-45-19-30(38)46-34-27(36)12-13-28(34)37)17-32-20-10-11-23-24(16-20)47-29(33(23)14-5-15-48(40,41)42)9-4-3-8-26-31(39)22-6-1-2-7-25(22)49(26,43)44;/h1-4,6-11,16,32H,5,12-15,17-19H2,(H,40,41,42);/q;+1/p-1/b4-3+,26-8-,29-9+;. The number of fused-ring (bicyclic) bond motifs is 2. The fourth-order valence-electron chi connectivity index (χ4n) is 4.96. The van der Waals surface area contributed by atoms with Crippen molar-refractivity contribution in [3.63, 3.8) is 0 Å². The first-order valence-corrected chi connectivity index (χ1v) is 18.5. The number of ketones is 2. The normalized spacial score (nSPS) is 18.1. The molecule has 0 bridgehead atoms. The number of hydrogen-bond acceptors (Lipinski definition) is 15. The molecule has 3 aliphatic rings. The van der Waals surface area contributed by atoms with E-state index in [1.54, 1.807) is 41.3 Å². The van der Waals surface area contributed by atoms with Crippen LogP contribution in [0.15, 0.2) is 86.5 Å². The zero-order valence-electron chi connectivity index (χ0n) is 26.5. The fourth-order valence-corrected chi connectivity index (χ4v) is 8.14. The predicted octanol–water partition coefficient (Wildman–Crippen LogP) is -0.905. The largest absolute Gasteiger partial charge is 1.00 e. The summed E-state index contributed by atoms with van der Waals surface area (Å²) < 4.78 is 64.3. The van der Waals surface area contributed by atoms with E-state index in [9.17, 15) is 45.4 Å². The summed E-state index contributed by atoms with van der Waals surface area (Å²) >= 11 is 1.30. The number of carbonyl (C=O) groups is 5.